The third-order valence-corrected chi connectivity index (χ3v) is 4.43. The van der Waals surface area contributed by atoms with Gasteiger partial charge in [0.05, 0.1) is 0 Å². The summed E-state index contributed by atoms with van der Waals surface area (Å²) in [5, 5.41) is 1.11. The van der Waals surface area contributed by atoms with E-state index in [1.54, 1.807) is 0 Å². The summed E-state index contributed by atoms with van der Waals surface area (Å²) in [6, 6.07) is 0. The summed E-state index contributed by atoms with van der Waals surface area (Å²) in [6.07, 6.45) is 2.48. The van der Waals surface area contributed by atoms with E-state index in [9.17, 15) is 0 Å². The van der Waals surface area contributed by atoms with Crippen molar-refractivity contribution in [3.05, 3.63) is 0 Å². The molecular weight excluding hydrogens is 266 g/mol. The van der Waals surface area contributed by atoms with Crippen LogP contribution in [0.15, 0.2) is 0 Å². The van der Waals surface area contributed by atoms with Crippen LogP contribution in [-0.2, 0) is 4.74 Å². The maximum Gasteiger partial charge on any atom is 0.0469 e. The summed E-state index contributed by atoms with van der Waals surface area (Å²) < 4.78 is 5.40. The van der Waals surface area contributed by atoms with Gasteiger partial charge in [-0.05, 0) is 37.6 Å². The molecule has 0 aliphatic carbocycles. The molecule has 0 aromatic heterocycles. The lowest BCUT2D eigenvalue weighted by atomic mass is 9.96. The maximum atomic E-state index is 5.40. The Bertz CT molecular complexity index is 181. The second-order valence-corrected chi connectivity index (χ2v) is 6.08. The van der Waals surface area contributed by atoms with Crippen molar-refractivity contribution < 1.29 is 4.74 Å². The van der Waals surface area contributed by atoms with Gasteiger partial charge in [-0.1, -0.05) is 29.8 Å². The Morgan fingerprint density at radius 1 is 1.31 bits per heavy atom. The zero-order valence-electron chi connectivity index (χ0n) is 10.9. The first-order valence-electron chi connectivity index (χ1n) is 6.45. The topological polar surface area (TPSA) is 12.5 Å². The lowest BCUT2D eigenvalue weighted by molar-refractivity contribution is 0.0536. The molecule has 0 saturated carbocycles. The summed E-state index contributed by atoms with van der Waals surface area (Å²) in [5.41, 5.74) is 0. The second kappa shape index (κ2) is 7.67. The Morgan fingerprint density at radius 2 is 1.94 bits per heavy atom. The Morgan fingerprint density at radius 3 is 2.44 bits per heavy atom. The number of nitrogens with zero attached hydrogens (tertiary/aromatic N) is 1. The van der Waals surface area contributed by atoms with Crippen LogP contribution < -0.4 is 0 Å². The van der Waals surface area contributed by atoms with Gasteiger partial charge in [-0.2, -0.15) is 0 Å². The molecule has 96 valence electrons. The van der Waals surface area contributed by atoms with E-state index in [0.29, 0.717) is 0 Å². The molecule has 1 aliphatic heterocycles. The van der Waals surface area contributed by atoms with Crippen LogP contribution in [0.2, 0.25) is 0 Å². The van der Waals surface area contributed by atoms with Gasteiger partial charge in [-0.25, -0.2) is 0 Å². The fourth-order valence-electron chi connectivity index (χ4n) is 2.28. The van der Waals surface area contributed by atoms with Crippen LogP contribution in [-0.4, -0.2) is 43.6 Å². The van der Waals surface area contributed by atoms with Crippen molar-refractivity contribution in [1.82, 2.24) is 4.90 Å². The predicted molar refractivity (Wildman–Crippen MR) is 73.2 cm³/mol. The Kier molecular flexibility index (Phi) is 6.94. The summed E-state index contributed by atoms with van der Waals surface area (Å²) in [5.74, 6) is 2.38. The van der Waals surface area contributed by atoms with Gasteiger partial charge < -0.3 is 9.64 Å². The SMILES string of the molecule is CC(C)C(CBr)CN(C)CC1CCOCC1. The van der Waals surface area contributed by atoms with Crippen molar-refractivity contribution in [2.24, 2.45) is 17.8 Å². The summed E-state index contributed by atoms with van der Waals surface area (Å²) in [4.78, 5) is 2.50. The van der Waals surface area contributed by atoms with E-state index in [1.807, 2.05) is 0 Å². The van der Waals surface area contributed by atoms with Gasteiger partial charge in [-0.3, -0.25) is 0 Å². The van der Waals surface area contributed by atoms with Crippen molar-refractivity contribution in [3.63, 3.8) is 0 Å². The van der Waals surface area contributed by atoms with E-state index in [-0.39, 0.29) is 0 Å². The van der Waals surface area contributed by atoms with Gasteiger partial charge in [0.2, 0.25) is 0 Å². The molecule has 0 N–H and O–H groups in total. The summed E-state index contributed by atoms with van der Waals surface area (Å²) in [6.45, 7) is 9.00. The van der Waals surface area contributed by atoms with Crippen molar-refractivity contribution in [2.45, 2.75) is 26.7 Å². The number of halogens is 1. The average Bonchev–Trinajstić information content (AvgIpc) is 2.27. The first kappa shape index (κ1) is 14.5. The molecule has 1 rings (SSSR count). The fraction of sp³-hybridized carbons (Fsp3) is 1.00. The van der Waals surface area contributed by atoms with Gasteiger partial charge in [-0.15, -0.1) is 0 Å². The molecule has 1 heterocycles. The van der Waals surface area contributed by atoms with Gasteiger partial charge >= 0.3 is 0 Å². The van der Waals surface area contributed by atoms with Crippen molar-refractivity contribution in [3.8, 4) is 0 Å². The van der Waals surface area contributed by atoms with Gasteiger partial charge in [0, 0.05) is 31.6 Å². The maximum absolute atomic E-state index is 5.40. The van der Waals surface area contributed by atoms with Crippen LogP contribution in [0.3, 0.4) is 0 Å². The minimum absolute atomic E-state index is 0.761. The lowest BCUT2D eigenvalue weighted by Crippen LogP contribution is -2.35. The summed E-state index contributed by atoms with van der Waals surface area (Å²) >= 11 is 3.62. The first-order valence-corrected chi connectivity index (χ1v) is 7.58. The smallest absolute Gasteiger partial charge is 0.0469 e. The molecule has 1 saturated heterocycles. The van der Waals surface area contributed by atoms with Gasteiger partial charge in [0.1, 0.15) is 0 Å². The van der Waals surface area contributed by atoms with E-state index in [2.05, 4.69) is 41.7 Å². The molecule has 1 unspecified atom stereocenters. The number of alkyl halides is 1. The quantitative estimate of drug-likeness (QED) is 0.698. The van der Waals surface area contributed by atoms with Crippen molar-refractivity contribution in [1.29, 1.82) is 0 Å². The highest BCUT2D eigenvalue weighted by atomic mass is 79.9. The molecule has 1 atom stereocenters. The molecule has 16 heavy (non-hydrogen) atoms. The standard InChI is InChI=1S/C13H26BrNO/c1-11(2)13(8-14)10-15(3)9-12-4-6-16-7-5-12/h11-13H,4-10H2,1-3H3. The van der Waals surface area contributed by atoms with E-state index in [1.165, 1.54) is 25.9 Å². The van der Waals surface area contributed by atoms with E-state index >= 15 is 0 Å². The zero-order chi connectivity index (χ0) is 12.0. The predicted octanol–water partition coefficient (Wildman–Crippen LogP) is 3.01. The Balaban J connectivity index is 2.25. The largest absolute Gasteiger partial charge is 0.381 e. The molecule has 0 amide bonds. The van der Waals surface area contributed by atoms with Crippen molar-refractivity contribution >= 4 is 15.9 Å². The zero-order valence-corrected chi connectivity index (χ0v) is 12.5. The molecular formula is C13H26BrNO. The fourth-order valence-corrected chi connectivity index (χ4v) is 3.23. The Labute approximate surface area is 109 Å². The lowest BCUT2D eigenvalue weighted by Gasteiger charge is -2.30. The second-order valence-electron chi connectivity index (χ2n) is 5.44. The molecule has 3 heteroatoms. The van der Waals surface area contributed by atoms with Crippen LogP contribution in [0.1, 0.15) is 26.7 Å². The highest BCUT2D eigenvalue weighted by molar-refractivity contribution is 9.09. The molecule has 1 fully saturated rings. The molecule has 0 aromatic rings. The van der Waals surface area contributed by atoms with Gasteiger partial charge in [0.25, 0.3) is 0 Å². The Hall–Kier alpha value is 0.400. The molecule has 0 aromatic carbocycles. The average molecular weight is 292 g/mol. The highest BCUT2D eigenvalue weighted by Gasteiger charge is 2.19. The van der Waals surface area contributed by atoms with Gasteiger partial charge in [0.15, 0.2) is 0 Å². The number of hydrogen-bond donors (Lipinski definition) is 0. The van der Waals surface area contributed by atoms with E-state index in [4.69, 9.17) is 4.74 Å². The number of hydrogen-bond acceptors (Lipinski definition) is 2. The van der Waals surface area contributed by atoms with Crippen LogP contribution >= 0.6 is 15.9 Å². The molecule has 0 spiro atoms. The van der Waals surface area contributed by atoms with Crippen LogP contribution in [0.5, 0.6) is 0 Å². The summed E-state index contributed by atoms with van der Waals surface area (Å²) in [7, 11) is 2.26. The molecule has 2 nitrogen and oxygen atoms in total. The van der Waals surface area contributed by atoms with Crippen molar-refractivity contribution in [2.75, 3.05) is 38.7 Å². The van der Waals surface area contributed by atoms with Crippen LogP contribution in [0, 0.1) is 17.8 Å². The third-order valence-electron chi connectivity index (χ3n) is 3.60. The minimum Gasteiger partial charge on any atom is -0.381 e. The molecule has 0 radical (unpaired) electrons. The van der Waals surface area contributed by atoms with Crippen LogP contribution in [0.25, 0.3) is 0 Å². The first-order chi connectivity index (χ1) is 7.63. The van der Waals surface area contributed by atoms with E-state index in [0.717, 1.165) is 36.3 Å². The van der Waals surface area contributed by atoms with E-state index < -0.39 is 0 Å². The number of rotatable bonds is 6. The highest BCUT2D eigenvalue weighted by Crippen LogP contribution is 2.19. The normalized spacial score (nSPS) is 20.6. The van der Waals surface area contributed by atoms with Crippen LogP contribution in [0.4, 0.5) is 0 Å². The minimum atomic E-state index is 0.761. The molecule has 0 bridgehead atoms. The molecule has 1 aliphatic rings. The number of ether oxygens (including phenoxy) is 1. The monoisotopic (exact) mass is 291 g/mol. The third kappa shape index (κ3) is 5.15.